The molecule has 0 radical (unpaired) electrons. The van der Waals surface area contributed by atoms with E-state index in [0.717, 1.165) is 64.3 Å². The number of aryl methyl sites for hydroxylation is 4. The van der Waals surface area contributed by atoms with Crippen LogP contribution in [0.5, 0.6) is 0 Å². The number of para-hydroxylation sites is 1. The number of carbonyl (C=O) groups excluding carboxylic acids is 2. The Morgan fingerprint density at radius 1 is 1.10 bits per heavy atom. The second-order valence-electron chi connectivity index (χ2n) is 8.21. The molecule has 0 saturated heterocycles. The minimum atomic E-state index is -0.212. The molecule has 150 valence electrons. The summed E-state index contributed by atoms with van der Waals surface area (Å²) in [4.78, 5) is 32.8. The molecule has 1 N–H and O–H groups in total. The summed E-state index contributed by atoms with van der Waals surface area (Å²) < 4.78 is 0. The highest BCUT2D eigenvalue weighted by Gasteiger charge is 2.37. The van der Waals surface area contributed by atoms with E-state index >= 15 is 0 Å². The highest BCUT2D eigenvalue weighted by atomic mass is 16.2. The molecule has 4 rings (SSSR count). The Morgan fingerprint density at radius 2 is 1.79 bits per heavy atom. The summed E-state index contributed by atoms with van der Waals surface area (Å²) in [7, 11) is 0. The second kappa shape index (κ2) is 7.47. The van der Waals surface area contributed by atoms with E-state index in [-0.39, 0.29) is 24.3 Å². The van der Waals surface area contributed by atoms with Gasteiger partial charge in [0, 0.05) is 11.4 Å². The van der Waals surface area contributed by atoms with Gasteiger partial charge >= 0.3 is 0 Å². The Hall–Kier alpha value is -2.95. The number of anilines is 2. The fraction of sp³-hybridized carbons (Fsp3) is 0.375. The molecule has 1 atom stereocenters. The van der Waals surface area contributed by atoms with E-state index < -0.39 is 0 Å². The third-order valence-electron chi connectivity index (χ3n) is 6.09. The summed E-state index contributed by atoms with van der Waals surface area (Å²) >= 11 is 0. The van der Waals surface area contributed by atoms with Crippen molar-refractivity contribution in [1.82, 2.24) is 0 Å². The van der Waals surface area contributed by atoms with Gasteiger partial charge in [0.2, 0.25) is 11.8 Å². The molecule has 2 aromatic carbocycles. The molecule has 5 nitrogen and oxygen atoms in total. The van der Waals surface area contributed by atoms with E-state index in [1.54, 1.807) is 4.90 Å². The van der Waals surface area contributed by atoms with Gasteiger partial charge in [-0.05, 0) is 81.3 Å². The van der Waals surface area contributed by atoms with Crippen molar-refractivity contribution in [2.75, 3.05) is 16.8 Å². The molecule has 2 aromatic rings. The molecule has 0 bridgehead atoms. The number of benzene rings is 2. The molecule has 0 unspecified atom stereocenters. The molecular formula is C24H27N3O2. The lowest BCUT2D eigenvalue weighted by Gasteiger charge is -2.25. The van der Waals surface area contributed by atoms with Crippen LogP contribution in [0.2, 0.25) is 0 Å². The average molecular weight is 389 g/mol. The van der Waals surface area contributed by atoms with Crippen LogP contribution in [0, 0.1) is 33.6 Å². The monoisotopic (exact) mass is 389 g/mol. The lowest BCUT2D eigenvalue weighted by molar-refractivity contribution is -0.122. The fourth-order valence-electron chi connectivity index (χ4n) is 4.28. The van der Waals surface area contributed by atoms with E-state index in [2.05, 4.69) is 5.32 Å². The third kappa shape index (κ3) is 3.57. The van der Waals surface area contributed by atoms with Crippen molar-refractivity contribution in [3.8, 4) is 0 Å². The topological polar surface area (TPSA) is 61.8 Å². The van der Waals surface area contributed by atoms with Crippen LogP contribution in [0.4, 0.5) is 17.1 Å². The van der Waals surface area contributed by atoms with Gasteiger partial charge in [-0.2, -0.15) is 0 Å². The minimum Gasteiger partial charge on any atom is -0.324 e. The van der Waals surface area contributed by atoms with Crippen LogP contribution in [-0.2, 0) is 9.59 Å². The van der Waals surface area contributed by atoms with E-state index in [4.69, 9.17) is 4.99 Å². The van der Waals surface area contributed by atoms with Crippen LogP contribution < -0.4 is 10.2 Å². The number of fused-ring (bicyclic) bond motifs is 2. The molecule has 1 aliphatic heterocycles. The number of aliphatic imine (C=N–C) groups is 1. The van der Waals surface area contributed by atoms with Crippen molar-refractivity contribution in [3.63, 3.8) is 0 Å². The van der Waals surface area contributed by atoms with Crippen LogP contribution in [0.1, 0.15) is 41.5 Å². The predicted octanol–water partition coefficient (Wildman–Crippen LogP) is 4.78. The Morgan fingerprint density at radius 3 is 2.52 bits per heavy atom. The van der Waals surface area contributed by atoms with Gasteiger partial charge in [0.15, 0.2) is 0 Å². The lowest BCUT2D eigenvalue weighted by Crippen LogP contribution is -2.42. The molecule has 29 heavy (non-hydrogen) atoms. The van der Waals surface area contributed by atoms with Crippen molar-refractivity contribution >= 4 is 34.6 Å². The summed E-state index contributed by atoms with van der Waals surface area (Å²) in [5, 5.41) is 3.01. The lowest BCUT2D eigenvalue weighted by atomic mass is 10.0. The quantitative estimate of drug-likeness (QED) is 0.821. The van der Waals surface area contributed by atoms with E-state index in [1.807, 2.05) is 58.0 Å². The fourth-order valence-corrected chi connectivity index (χ4v) is 4.28. The predicted molar refractivity (Wildman–Crippen MR) is 117 cm³/mol. The van der Waals surface area contributed by atoms with Gasteiger partial charge in [0.1, 0.15) is 6.54 Å². The number of hydrogen-bond donors (Lipinski definition) is 1. The maximum Gasteiger partial charge on any atom is 0.244 e. The Balaban J connectivity index is 1.68. The Bertz CT molecular complexity index is 1020. The second-order valence-corrected chi connectivity index (χ2v) is 8.21. The van der Waals surface area contributed by atoms with Crippen LogP contribution in [0.3, 0.4) is 0 Å². The van der Waals surface area contributed by atoms with E-state index in [1.165, 1.54) is 0 Å². The number of carbonyl (C=O) groups is 2. The normalized spacial score (nSPS) is 18.1. The van der Waals surface area contributed by atoms with Crippen molar-refractivity contribution < 1.29 is 9.59 Å². The van der Waals surface area contributed by atoms with Crippen LogP contribution in [-0.4, -0.2) is 24.1 Å². The smallest absolute Gasteiger partial charge is 0.244 e. The minimum absolute atomic E-state index is 0.0125. The van der Waals surface area contributed by atoms with Crippen LogP contribution in [0.25, 0.3) is 0 Å². The first-order valence-corrected chi connectivity index (χ1v) is 10.2. The molecule has 2 amide bonds. The number of hydrogen-bond acceptors (Lipinski definition) is 3. The van der Waals surface area contributed by atoms with Crippen LogP contribution in [0.15, 0.2) is 35.3 Å². The van der Waals surface area contributed by atoms with E-state index in [9.17, 15) is 9.59 Å². The average Bonchev–Trinajstić information content (AvgIpc) is 3.10. The first-order valence-electron chi connectivity index (χ1n) is 10.2. The van der Waals surface area contributed by atoms with Gasteiger partial charge < -0.3 is 10.2 Å². The zero-order valence-corrected chi connectivity index (χ0v) is 17.5. The molecule has 0 spiro atoms. The largest absolute Gasteiger partial charge is 0.324 e. The van der Waals surface area contributed by atoms with Crippen molar-refractivity contribution in [3.05, 3.63) is 52.6 Å². The molecular weight excluding hydrogens is 362 g/mol. The molecule has 1 saturated carbocycles. The maximum atomic E-state index is 13.4. The van der Waals surface area contributed by atoms with Crippen LogP contribution >= 0.6 is 0 Å². The third-order valence-corrected chi connectivity index (χ3v) is 6.09. The van der Waals surface area contributed by atoms with Crippen molar-refractivity contribution in [2.24, 2.45) is 10.9 Å². The number of rotatable bonds is 3. The standard InChI is InChI=1S/C24H27N3O2/c1-14-7-5-8-15(2)23(14)26-22(28)13-27-21-12-17(4)16(3)11-20(21)25-19-10-6-9-18(19)24(27)29/h5,7-8,11-12,18H,6,9-10,13H2,1-4H3,(H,26,28)/t18-/m1/s1. The van der Waals surface area contributed by atoms with Gasteiger partial charge in [0.25, 0.3) is 0 Å². The molecule has 5 heteroatoms. The van der Waals surface area contributed by atoms with Crippen molar-refractivity contribution in [1.29, 1.82) is 0 Å². The zero-order chi connectivity index (χ0) is 20.7. The molecule has 1 heterocycles. The highest BCUT2D eigenvalue weighted by molar-refractivity contribution is 6.17. The number of nitrogens with one attached hydrogen (secondary N) is 1. The van der Waals surface area contributed by atoms with Gasteiger partial charge in [-0.25, -0.2) is 0 Å². The summed E-state index contributed by atoms with van der Waals surface area (Å²) in [6.07, 6.45) is 2.63. The summed E-state index contributed by atoms with van der Waals surface area (Å²) in [6.45, 7) is 8.00. The first kappa shape index (κ1) is 19.4. The first-order chi connectivity index (χ1) is 13.8. The maximum absolute atomic E-state index is 13.4. The van der Waals surface area contributed by atoms with Gasteiger partial charge in [-0.1, -0.05) is 18.2 Å². The SMILES string of the molecule is Cc1cc2c(cc1C)N(CC(=O)Nc1c(C)cccc1C)C(=O)[C@@H]1CCCC1=N2. The van der Waals surface area contributed by atoms with Gasteiger partial charge in [-0.3, -0.25) is 14.6 Å². The van der Waals surface area contributed by atoms with E-state index in [0.29, 0.717) is 0 Å². The van der Waals surface area contributed by atoms with Crippen molar-refractivity contribution in [2.45, 2.75) is 47.0 Å². The highest BCUT2D eigenvalue weighted by Crippen LogP contribution is 2.39. The molecule has 1 aliphatic carbocycles. The van der Waals surface area contributed by atoms with Gasteiger partial charge in [-0.15, -0.1) is 0 Å². The molecule has 0 aromatic heterocycles. The summed E-state index contributed by atoms with van der Waals surface area (Å²) in [5.74, 6) is -0.419. The summed E-state index contributed by atoms with van der Waals surface area (Å²) in [5.41, 5.74) is 7.54. The zero-order valence-electron chi connectivity index (χ0n) is 17.5. The van der Waals surface area contributed by atoms with Gasteiger partial charge in [0.05, 0.1) is 17.3 Å². The summed E-state index contributed by atoms with van der Waals surface area (Å²) in [6, 6.07) is 9.93. The Kier molecular flexibility index (Phi) is 4.99. The number of nitrogens with zero attached hydrogens (tertiary/aromatic N) is 2. The molecule has 1 fully saturated rings. The Labute approximate surface area is 171 Å². The number of amides is 2. The molecule has 2 aliphatic rings.